The van der Waals surface area contributed by atoms with Crippen LogP contribution in [0.1, 0.15) is 35.1 Å². The van der Waals surface area contributed by atoms with E-state index in [1.807, 2.05) is 12.1 Å². The molecule has 1 saturated heterocycles. The fourth-order valence-corrected chi connectivity index (χ4v) is 3.49. The molecule has 2 heterocycles. The molecule has 29 heavy (non-hydrogen) atoms. The van der Waals surface area contributed by atoms with Gasteiger partial charge in [0.15, 0.2) is 0 Å². The lowest BCUT2D eigenvalue weighted by Gasteiger charge is -2.31. The summed E-state index contributed by atoms with van der Waals surface area (Å²) in [5, 5.41) is 11.5. The van der Waals surface area contributed by atoms with Crippen LogP contribution in [0.5, 0.6) is 0 Å². The highest BCUT2D eigenvalue weighted by atomic mass is 19.4. The number of halogens is 3. The minimum Gasteiger partial charge on any atom is -0.352 e. The molecule has 0 saturated carbocycles. The first-order chi connectivity index (χ1) is 13.9. The van der Waals surface area contributed by atoms with Crippen molar-refractivity contribution in [2.24, 2.45) is 5.92 Å². The monoisotopic (exact) mass is 402 g/mol. The molecule has 0 unspecified atom stereocenters. The minimum atomic E-state index is -4.58. The summed E-state index contributed by atoms with van der Waals surface area (Å²) in [6, 6.07) is 9.01. The van der Waals surface area contributed by atoms with E-state index in [1.54, 1.807) is 18.5 Å². The SMILES string of the molecule is N#Cc1ccc(CNC(=O)C2CCN(Cc3ccncc3)CC2)c(C(F)(F)F)c1. The fraction of sp³-hybridized carbons (Fsp3) is 0.381. The zero-order chi connectivity index (χ0) is 20.9. The molecular formula is C21H21F3N4O. The molecule has 0 atom stereocenters. The number of nitrogens with one attached hydrogen (secondary N) is 1. The number of pyridine rings is 1. The van der Waals surface area contributed by atoms with Gasteiger partial charge in [-0.2, -0.15) is 18.4 Å². The summed E-state index contributed by atoms with van der Waals surface area (Å²) in [5.41, 5.74) is 0.168. The van der Waals surface area contributed by atoms with Crippen LogP contribution in [0.15, 0.2) is 42.7 Å². The van der Waals surface area contributed by atoms with Crippen molar-refractivity contribution in [2.45, 2.75) is 32.1 Å². The number of nitriles is 1. The van der Waals surface area contributed by atoms with Crippen molar-refractivity contribution in [1.29, 1.82) is 5.26 Å². The van der Waals surface area contributed by atoms with E-state index in [0.717, 1.165) is 31.3 Å². The zero-order valence-electron chi connectivity index (χ0n) is 15.7. The first-order valence-electron chi connectivity index (χ1n) is 9.36. The van der Waals surface area contributed by atoms with Crippen LogP contribution in [-0.4, -0.2) is 28.9 Å². The van der Waals surface area contributed by atoms with Crippen LogP contribution in [0.4, 0.5) is 13.2 Å². The maximum absolute atomic E-state index is 13.2. The summed E-state index contributed by atoms with van der Waals surface area (Å²) in [5.74, 6) is -0.442. The average Bonchev–Trinajstić information content (AvgIpc) is 2.72. The van der Waals surface area contributed by atoms with E-state index in [1.165, 1.54) is 12.1 Å². The molecule has 3 rings (SSSR count). The summed E-state index contributed by atoms with van der Waals surface area (Å²) in [4.78, 5) is 18.7. The Hall–Kier alpha value is -2.92. The Balaban J connectivity index is 1.54. The summed E-state index contributed by atoms with van der Waals surface area (Å²) in [7, 11) is 0. The Morgan fingerprint density at radius 2 is 1.90 bits per heavy atom. The minimum absolute atomic E-state index is 0.0417. The quantitative estimate of drug-likeness (QED) is 0.831. The maximum atomic E-state index is 13.2. The number of benzene rings is 1. The Kier molecular flexibility index (Phi) is 6.49. The lowest BCUT2D eigenvalue weighted by Crippen LogP contribution is -2.40. The molecule has 0 radical (unpaired) electrons. The predicted molar refractivity (Wildman–Crippen MR) is 100 cm³/mol. The number of piperidine rings is 1. The molecule has 2 aromatic rings. The van der Waals surface area contributed by atoms with E-state index in [2.05, 4.69) is 15.2 Å². The van der Waals surface area contributed by atoms with Gasteiger partial charge < -0.3 is 5.32 Å². The van der Waals surface area contributed by atoms with E-state index in [0.29, 0.717) is 12.8 Å². The van der Waals surface area contributed by atoms with Crippen molar-refractivity contribution in [2.75, 3.05) is 13.1 Å². The summed E-state index contributed by atoms with van der Waals surface area (Å²) in [6.45, 7) is 2.09. The Morgan fingerprint density at radius 3 is 2.52 bits per heavy atom. The number of likely N-dealkylation sites (tertiary alicyclic amines) is 1. The highest BCUT2D eigenvalue weighted by molar-refractivity contribution is 5.78. The molecule has 1 aromatic heterocycles. The van der Waals surface area contributed by atoms with Gasteiger partial charge >= 0.3 is 6.18 Å². The number of alkyl halides is 3. The van der Waals surface area contributed by atoms with Crippen LogP contribution >= 0.6 is 0 Å². The summed E-state index contributed by atoms with van der Waals surface area (Å²) >= 11 is 0. The normalized spacial score (nSPS) is 15.7. The van der Waals surface area contributed by atoms with E-state index in [4.69, 9.17) is 5.26 Å². The van der Waals surface area contributed by atoms with Crippen LogP contribution in [0.2, 0.25) is 0 Å². The second-order valence-electron chi connectivity index (χ2n) is 7.11. The topological polar surface area (TPSA) is 69.0 Å². The van der Waals surface area contributed by atoms with Crippen molar-refractivity contribution in [1.82, 2.24) is 15.2 Å². The molecule has 152 valence electrons. The third-order valence-corrected chi connectivity index (χ3v) is 5.11. The molecule has 0 spiro atoms. The van der Waals surface area contributed by atoms with E-state index in [9.17, 15) is 18.0 Å². The highest BCUT2D eigenvalue weighted by Gasteiger charge is 2.34. The molecule has 1 aliphatic heterocycles. The van der Waals surface area contributed by atoms with Crippen LogP contribution in [0.3, 0.4) is 0 Å². The van der Waals surface area contributed by atoms with Gasteiger partial charge in [0.1, 0.15) is 0 Å². The van der Waals surface area contributed by atoms with Gasteiger partial charge in [0.25, 0.3) is 0 Å². The third kappa shape index (κ3) is 5.55. The molecule has 1 aromatic carbocycles. The van der Waals surface area contributed by atoms with Gasteiger partial charge in [-0.25, -0.2) is 0 Å². The van der Waals surface area contributed by atoms with Gasteiger partial charge in [-0.15, -0.1) is 0 Å². The van der Waals surface area contributed by atoms with E-state index in [-0.39, 0.29) is 29.5 Å². The molecular weight excluding hydrogens is 381 g/mol. The number of aromatic nitrogens is 1. The number of carbonyl (C=O) groups excluding carboxylic acids is 1. The Labute approximate surface area is 167 Å². The predicted octanol–water partition coefficient (Wildman–Crippen LogP) is 3.50. The lowest BCUT2D eigenvalue weighted by molar-refractivity contribution is -0.138. The number of hydrogen-bond acceptors (Lipinski definition) is 4. The largest absolute Gasteiger partial charge is 0.416 e. The summed E-state index contributed by atoms with van der Waals surface area (Å²) < 4.78 is 39.7. The second-order valence-corrected chi connectivity index (χ2v) is 7.11. The second kappa shape index (κ2) is 9.05. The molecule has 1 amide bonds. The van der Waals surface area contributed by atoms with Gasteiger partial charge in [-0.1, -0.05) is 6.07 Å². The van der Waals surface area contributed by atoms with Gasteiger partial charge in [-0.05, 0) is 61.3 Å². The lowest BCUT2D eigenvalue weighted by atomic mass is 9.95. The molecule has 0 bridgehead atoms. The summed E-state index contributed by atoms with van der Waals surface area (Å²) in [6.07, 6.45) is 0.236. The molecule has 1 N–H and O–H groups in total. The van der Waals surface area contributed by atoms with Crippen molar-refractivity contribution in [3.63, 3.8) is 0 Å². The number of carbonyl (C=O) groups is 1. The number of amides is 1. The third-order valence-electron chi connectivity index (χ3n) is 5.11. The number of nitrogens with zero attached hydrogens (tertiary/aromatic N) is 3. The molecule has 1 aliphatic rings. The van der Waals surface area contributed by atoms with E-state index < -0.39 is 11.7 Å². The van der Waals surface area contributed by atoms with Gasteiger partial charge in [0, 0.05) is 31.4 Å². The first kappa shape index (κ1) is 20.8. The Morgan fingerprint density at radius 1 is 1.21 bits per heavy atom. The zero-order valence-corrected chi connectivity index (χ0v) is 15.7. The van der Waals surface area contributed by atoms with Gasteiger partial charge in [-0.3, -0.25) is 14.7 Å². The van der Waals surface area contributed by atoms with Crippen LogP contribution in [0, 0.1) is 17.2 Å². The van der Waals surface area contributed by atoms with Crippen LogP contribution < -0.4 is 5.32 Å². The van der Waals surface area contributed by atoms with Crippen molar-refractivity contribution < 1.29 is 18.0 Å². The van der Waals surface area contributed by atoms with Crippen molar-refractivity contribution >= 4 is 5.91 Å². The first-order valence-corrected chi connectivity index (χ1v) is 9.36. The Bertz CT molecular complexity index is 885. The van der Waals surface area contributed by atoms with Gasteiger partial charge in [0.2, 0.25) is 5.91 Å². The number of rotatable bonds is 5. The van der Waals surface area contributed by atoms with Crippen LogP contribution in [-0.2, 0) is 24.1 Å². The molecule has 8 heteroatoms. The molecule has 1 fully saturated rings. The van der Waals surface area contributed by atoms with Crippen molar-refractivity contribution in [3.8, 4) is 6.07 Å². The average molecular weight is 402 g/mol. The standard InChI is InChI=1S/C21H21F3N4O/c22-21(23,24)19-11-16(12-25)1-2-18(19)13-27-20(29)17-5-9-28(10-6-17)14-15-3-7-26-8-4-15/h1-4,7-8,11,17H,5-6,9-10,13-14H2,(H,27,29). The van der Waals surface area contributed by atoms with Crippen LogP contribution in [0.25, 0.3) is 0 Å². The molecule has 5 nitrogen and oxygen atoms in total. The highest BCUT2D eigenvalue weighted by Crippen LogP contribution is 2.32. The maximum Gasteiger partial charge on any atom is 0.416 e. The molecule has 0 aliphatic carbocycles. The van der Waals surface area contributed by atoms with Gasteiger partial charge in [0.05, 0.1) is 17.2 Å². The fourth-order valence-electron chi connectivity index (χ4n) is 3.49. The number of hydrogen-bond donors (Lipinski definition) is 1. The smallest absolute Gasteiger partial charge is 0.352 e. The van der Waals surface area contributed by atoms with E-state index >= 15 is 0 Å². The van der Waals surface area contributed by atoms with Crippen molar-refractivity contribution in [3.05, 3.63) is 65.0 Å².